The molecule has 5 heteroatoms. The molecule has 1 aliphatic carbocycles. The minimum absolute atomic E-state index is 0.0733. The molecule has 0 heterocycles. The maximum atomic E-state index is 12.7. The van der Waals surface area contributed by atoms with Crippen molar-refractivity contribution in [1.29, 1.82) is 0 Å². The molecule has 1 aromatic carbocycles. The number of sulfonamides is 1. The van der Waals surface area contributed by atoms with Gasteiger partial charge in [0.15, 0.2) is 0 Å². The lowest BCUT2D eigenvalue weighted by molar-refractivity contribution is 0.412. The topological polar surface area (TPSA) is 46.2 Å². The fraction of sp³-hybridized carbons (Fsp3) is 0.538. The van der Waals surface area contributed by atoms with E-state index >= 15 is 0 Å². The molecule has 2 rings (SSSR count). The van der Waals surface area contributed by atoms with Crippen molar-refractivity contribution in [3.63, 3.8) is 0 Å². The lowest BCUT2D eigenvalue weighted by Gasteiger charge is -2.22. The first-order chi connectivity index (χ1) is 8.55. The standard InChI is InChI=1S/C13H18FNO2S/c14-12-8-6-11(7-9-12)10-18(16,17)15-13-4-2-1-3-5-13/h6-9,13,15H,1-5,10H2. The molecule has 0 amide bonds. The predicted molar refractivity (Wildman–Crippen MR) is 69.0 cm³/mol. The van der Waals surface area contributed by atoms with Crippen molar-refractivity contribution >= 4 is 10.0 Å². The van der Waals surface area contributed by atoms with Gasteiger partial charge in [0.1, 0.15) is 5.82 Å². The summed E-state index contributed by atoms with van der Waals surface area (Å²) >= 11 is 0. The number of halogens is 1. The summed E-state index contributed by atoms with van der Waals surface area (Å²) in [5.41, 5.74) is 0.611. The van der Waals surface area contributed by atoms with E-state index in [0.29, 0.717) is 5.56 Å². The molecule has 1 saturated carbocycles. The van der Waals surface area contributed by atoms with Crippen LogP contribution in [0.2, 0.25) is 0 Å². The van der Waals surface area contributed by atoms with Crippen LogP contribution in [-0.2, 0) is 15.8 Å². The fourth-order valence-electron chi connectivity index (χ4n) is 2.32. The average Bonchev–Trinajstić information content (AvgIpc) is 2.32. The number of rotatable bonds is 4. The van der Waals surface area contributed by atoms with Crippen molar-refractivity contribution < 1.29 is 12.8 Å². The minimum Gasteiger partial charge on any atom is -0.212 e. The molecule has 0 aromatic heterocycles. The number of hydrogen-bond donors (Lipinski definition) is 1. The van der Waals surface area contributed by atoms with Crippen LogP contribution in [0.25, 0.3) is 0 Å². The van der Waals surface area contributed by atoms with E-state index in [4.69, 9.17) is 0 Å². The Labute approximate surface area is 107 Å². The second-order valence-corrected chi connectivity index (χ2v) is 6.59. The predicted octanol–water partition coefficient (Wildman–Crippen LogP) is 2.58. The van der Waals surface area contributed by atoms with E-state index in [1.54, 1.807) is 0 Å². The van der Waals surface area contributed by atoms with Crippen molar-refractivity contribution in [2.24, 2.45) is 0 Å². The Kier molecular flexibility index (Phi) is 4.35. The van der Waals surface area contributed by atoms with E-state index in [1.165, 1.54) is 30.7 Å². The average molecular weight is 271 g/mol. The van der Waals surface area contributed by atoms with Gasteiger partial charge in [0.05, 0.1) is 5.75 Å². The lowest BCUT2D eigenvalue weighted by Crippen LogP contribution is -2.36. The Bertz CT molecular complexity index is 478. The van der Waals surface area contributed by atoms with E-state index < -0.39 is 10.0 Å². The third kappa shape index (κ3) is 4.07. The molecule has 0 spiro atoms. The highest BCUT2D eigenvalue weighted by atomic mass is 32.2. The summed E-state index contributed by atoms with van der Waals surface area (Å²) in [5.74, 6) is -0.430. The molecule has 0 radical (unpaired) electrons. The van der Waals surface area contributed by atoms with Crippen LogP contribution in [0, 0.1) is 5.82 Å². The van der Waals surface area contributed by atoms with E-state index in [2.05, 4.69) is 4.72 Å². The molecule has 0 atom stereocenters. The second kappa shape index (κ2) is 5.80. The van der Waals surface area contributed by atoms with Gasteiger partial charge >= 0.3 is 0 Å². The van der Waals surface area contributed by atoms with Gasteiger partial charge in [-0.2, -0.15) is 0 Å². The summed E-state index contributed by atoms with van der Waals surface area (Å²) in [6, 6.07) is 5.66. The van der Waals surface area contributed by atoms with Gasteiger partial charge in [-0.25, -0.2) is 17.5 Å². The van der Waals surface area contributed by atoms with E-state index in [9.17, 15) is 12.8 Å². The fourth-order valence-corrected chi connectivity index (χ4v) is 3.77. The van der Waals surface area contributed by atoms with Crippen molar-refractivity contribution in [1.82, 2.24) is 4.72 Å². The maximum absolute atomic E-state index is 12.7. The molecular weight excluding hydrogens is 253 g/mol. The molecular formula is C13H18FNO2S. The van der Waals surface area contributed by atoms with Crippen LogP contribution < -0.4 is 4.72 Å². The highest BCUT2D eigenvalue weighted by Gasteiger charge is 2.20. The summed E-state index contributed by atoms with van der Waals surface area (Å²) in [6.07, 6.45) is 5.20. The summed E-state index contributed by atoms with van der Waals surface area (Å²) in [6.45, 7) is 0. The normalized spacial score (nSPS) is 17.8. The van der Waals surface area contributed by atoms with Crippen LogP contribution in [0.4, 0.5) is 4.39 Å². The molecule has 0 saturated heterocycles. The van der Waals surface area contributed by atoms with Gasteiger partial charge in [-0.15, -0.1) is 0 Å². The first-order valence-electron chi connectivity index (χ1n) is 6.30. The molecule has 1 aliphatic rings. The molecule has 3 nitrogen and oxygen atoms in total. The number of hydrogen-bond acceptors (Lipinski definition) is 2. The summed E-state index contributed by atoms with van der Waals surface area (Å²) in [5, 5.41) is 0. The minimum atomic E-state index is -3.32. The molecule has 1 N–H and O–H groups in total. The Balaban J connectivity index is 1.96. The van der Waals surface area contributed by atoms with E-state index in [-0.39, 0.29) is 17.6 Å². The SMILES string of the molecule is O=S(=O)(Cc1ccc(F)cc1)NC1CCCCC1. The van der Waals surface area contributed by atoms with Gasteiger partial charge in [0.2, 0.25) is 10.0 Å². The van der Waals surface area contributed by atoms with Crippen LogP contribution >= 0.6 is 0 Å². The van der Waals surface area contributed by atoms with Gasteiger partial charge in [0.25, 0.3) is 0 Å². The Morgan fingerprint density at radius 2 is 1.72 bits per heavy atom. The Hall–Kier alpha value is -0.940. The number of benzene rings is 1. The lowest BCUT2D eigenvalue weighted by atomic mass is 9.96. The van der Waals surface area contributed by atoms with Crippen molar-refractivity contribution in [2.75, 3.05) is 0 Å². The molecule has 1 aromatic rings. The summed E-state index contributed by atoms with van der Waals surface area (Å²) in [7, 11) is -3.32. The Morgan fingerprint density at radius 3 is 2.33 bits per heavy atom. The van der Waals surface area contributed by atoms with Gasteiger partial charge in [0, 0.05) is 6.04 Å². The highest BCUT2D eigenvalue weighted by Crippen LogP contribution is 2.18. The maximum Gasteiger partial charge on any atom is 0.216 e. The van der Waals surface area contributed by atoms with E-state index in [1.807, 2.05) is 0 Å². The van der Waals surface area contributed by atoms with Crippen LogP contribution in [0.15, 0.2) is 24.3 Å². The van der Waals surface area contributed by atoms with Crippen LogP contribution in [-0.4, -0.2) is 14.5 Å². The van der Waals surface area contributed by atoms with Crippen LogP contribution in [0.3, 0.4) is 0 Å². The molecule has 0 bridgehead atoms. The Morgan fingerprint density at radius 1 is 1.11 bits per heavy atom. The van der Waals surface area contributed by atoms with Crippen LogP contribution in [0.1, 0.15) is 37.7 Å². The second-order valence-electron chi connectivity index (χ2n) is 4.84. The van der Waals surface area contributed by atoms with Crippen molar-refractivity contribution in [3.05, 3.63) is 35.6 Å². The monoisotopic (exact) mass is 271 g/mol. The van der Waals surface area contributed by atoms with Gasteiger partial charge in [-0.3, -0.25) is 0 Å². The van der Waals surface area contributed by atoms with Gasteiger partial charge < -0.3 is 0 Å². The molecule has 1 fully saturated rings. The van der Waals surface area contributed by atoms with Gasteiger partial charge in [-0.05, 0) is 30.5 Å². The smallest absolute Gasteiger partial charge is 0.212 e. The summed E-state index contributed by atoms with van der Waals surface area (Å²) in [4.78, 5) is 0. The third-order valence-electron chi connectivity index (χ3n) is 3.22. The zero-order valence-electron chi connectivity index (χ0n) is 10.2. The zero-order valence-corrected chi connectivity index (χ0v) is 11.0. The van der Waals surface area contributed by atoms with E-state index in [0.717, 1.165) is 25.7 Å². The highest BCUT2D eigenvalue weighted by molar-refractivity contribution is 7.88. The summed E-state index contributed by atoms with van der Waals surface area (Å²) < 4.78 is 39.4. The molecule has 100 valence electrons. The third-order valence-corrected chi connectivity index (χ3v) is 4.63. The number of nitrogens with one attached hydrogen (secondary N) is 1. The quantitative estimate of drug-likeness (QED) is 0.915. The zero-order chi connectivity index (χ0) is 13.0. The first kappa shape index (κ1) is 13.5. The van der Waals surface area contributed by atoms with Gasteiger partial charge in [-0.1, -0.05) is 31.4 Å². The molecule has 0 unspecified atom stereocenters. The molecule has 18 heavy (non-hydrogen) atoms. The van der Waals surface area contributed by atoms with Crippen molar-refractivity contribution in [2.45, 2.75) is 43.9 Å². The first-order valence-corrected chi connectivity index (χ1v) is 7.95. The molecule has 0 aliphatic heterocycles. The van der Waals surface area contributed by atoms with Crippen LogP contribution in [0.5, 0.6) is 0 Å². The largest absolute Gasteiger partial charge is 0.216 e. The van der Waals surface area contributed by atoms with Crippen molar-refractivity contribution in [3.8, 4) is 0 Å².